The second kappa shape index (κ2) is 10.8. The van der Waals surface area contributed by atoms with E-state index in [1.165, 1.54) is 0 Å². The van der Waals surface area contributed by atoms with Crippen LogP contribution in [0.4, 0.5) is 5.69 Å². The van der Waals surface area contributed by atoms with Crippen molar-refractivity contribution in [2.75, 3.05) is 58.2 Å². The first kappa shape index (κ1) is 24.5. The van der Waals surface area contributed by atoms with Crippen LogP contribution in [0.3, 0.4) is 0 Å². The highest BCUT2D eigenvalue weighted by Crippen LogP contribution is 2.28. The minimum absolute atomic E-state index is 0.0386. The first-order valence-corrected chi connectivity index (χ1v) is 12.6. The molecule has 2 aliphatic heterocycles. The Labute approximate surface area is 214 Å². The number of amides is 2. The SMILES string of the molecule is COc1ccc(Cl)cc1NC(=O)CN1CCC(N2CCN(C(=O)c3ccc4[nH]nnc4c3)CC2)CC1. The van der Waals surface area contributed by atoms with Gasteiger partial charge in [0.25, 0.3) is 5.91 Å². The van der Waals surface area contributed by atoms with Gasteiger partial charge in [-0.15, -0.1) is 5.10 Å². The summed E-state index contributed by atoms with van der Waals surface area (Å²) >= 11 is 6.06. The minimum atomic E-state index is -0.0787. The van der Waals surface area contributed by atoms with Gasteiger partial charge in [-0.25, -0.2) is 0 Å². The molecule has 2 fully saturated rings. The van der Waals surface area contributed by atoms with Crippen molar-refractivity contribution in [2.24, 2.45) is 0 Å². The number of hydrogen-bond donors (Lipinski definition) is 2. The molecule has 1 aromatic heterocycles. The summed E-state index contributed by atoms with van der Waals surface area (Å²) in [5, 5.41) is 14.1. The van der Waals surface area contributed by atoms with Crippen LogP contribution in [0.25, 0.3) is 11.0 Å². The zero-order chi connectivity index (χ0) is 25.1. The number of H-pyrrole nitrogens is 1. The van der Waals surface area contributed by atoms with Crippen molar-refractivity contribution in [2.45, 2.75) is 18.9 Å². The van der Waals surface area contributed by atoms with E-state index < -0.39 is 0 Å². The van der Waals surface area contributed by atoms with Crippen LogP contribution in [0.5, 0.6) is 5.75 Å². The Hall–Kier alpha value is -3.21. The highest BCUT2D eigenvalue weighted by Gasteiger charge is 2.30. The molecule has 10 nitrogen and oxygen atoms in total. The second-order valence-corrected chi connectivity index (χ2v) is 9.71. The smallest absolute Gasteiger partial charge is 0.254 e. The number of benzene rings is 2. The van der Waals surface area contributed by atoms with Gasteiger partial charge in [0.05, 0.1) is 24.9 Å². The Morgan fingerprint density at radius 3 is 2.61 bits per heavy atom. The van der Waals surface area contributed by atoms with Gasteiger partial charge in [0.1, 0.15) is 11.3 Å². The number of likely N-dealkylation sites (tertiary alicyclic amines) is 1. The number of hydrogen-bond acceptors (Lipinski definition) is 7. The summed E-state index contributed by atoms with van der Waals surface area (Å²) < 4.78 is 5.31. The fourth-order valence-corrected chi connectivity index (χ4v) is 5.23. The maximum Gasteiger partial charge on any atom is 0.254 e. The Morgan fingerprint density at radius 2 is 1.86 bits per heavy atom. The number of nitrogens with one attached hydrogen (secondary N) is 2. The zero-order valence-electron chi connectivity index (χ0n) is 20.2. The number of piperidine rings is 1. The first-order valence-electron chi connectivity index (χ1n) is 12.2. The Morgan fingerprint density at radius 1 is 1.08 bits per heavy atom. The molecule has 3 aromatic rings. The minimum Gasteiger partial charge on any atom is -0.495 e. The molecule has 2 N–H and O–H groups in total. The number of aromatic amines is 1. The molecule has 190 valence electrons. The lowest BCUT2D eigenvalue weighted by molar-refractivity contribution is -0.117. The van der Waals surface area contributed by atoms with Crippen LogP contribution in [-0.2, 0) is 4.79 Å². The van der Waals surface area contributed by atoms with Crippen LogP contribution >= 0.6 is 11.6 Å². The zero-order valence-corrected chi connectivity index (χ0v) is 21.0. The standard InChI is InChI=1S/C25H30ClN7O3/c1-36-23-5-3-18(26)15-22(23)27-24(34)16-31-8-6-19(7-9-31)32-10-12-33(13-11-32)25(35)17-2-4-20-21(14-17)29-30-28-20/h2-5,14-15,19H,6-13,16H2,1H3,(H,27,34)(H,28,29,30). The number of halogens is 1. The predicted octanol–water partition coefficient (Wildman–Crippen LogP) is 2.48. The predicted molar refractivity (Wildman–Crippen MR) is 137 cm³/mol. The second-order valence-electron chi connectivity index (χ2n) is 9.27. The van der Waals surface area contributed by atoms with Crippen LogP contribution in [0.15, 0.2) is 36.4 Å². The van der Waals surface area contributed by atoms with Crippen LogP contribution in [0.2, 0.25) is 5.02 Å². The maximum atomic E-state index is 13.0. The first-order chi connectivity index (χ1) is 17.5. The lowest BCUT2D eigenvalue weighted by Crippen LogP contribution is -2.54. The van der Waals surface area contributed by atoms with Gasteiger partial charge in [-0.1, -0.05) is 16.8 Å². The summed E-state index contributed by atoms with van der Waals surface area (Å²) in [6.45, 7) is 5.19. The molecule has 0 radical (unpaired) electrons. The molecule has 0 bridgehead atoms. The number of methoxy groups -OCH3 is 1. The normalized spacial score (nSPS) is 17.9. The third-order valence-corrected chi connectivity index (χ3v) is 7.29. The van der Waals surface area contributed by atoms with Crippen LogP contribution in [0, 0.1) is 0 Å². The largest absolute Gasteiger partial charge is 0.495 e. The Balaban J connectivity index is 1.07. The van der Waals surface area contributed by atoms with Crippen molar-refractivity contribution in [1.82, 2.24) is 30.1 Å². The van der Waals surface area contributed by atoms with Gasteiger partial charge in [0.15, 0.2) is 0 Å². The van der Waals surface area contributed by atoms with E-state index in [2.05, 4.69) is 30.5 Å². The fourth-order valence-electron chi connectivity index (χ4n) is 5.06. The molecule has 0 unspecified atom stereocenters. The molecule has 0 atom stereocenters. The molecule has 2 aromatic carbocycles. The molecule has 0 saturated carbocycles. The lowest BCUT2D eigenvalue weighted by Gasteiger charge is -2.42. The monoisotopic (exact) mass is 511 g/mol. The summed E-state index contributed by atoms with van der Waals surface area (Å²) in [6.07, 6.45) is 2.01. The summed E-state index contributed by atoms with van der Waals surface area (Å²) in [7, 11) is 1.57. The maximum absolute atomic E-state index is 13.0. The number of rotatable bonds is 6. The number of carbonyl (C=O) groups excluding carboxylic acids is 2. The number of fused-ring (bicyclic) bond motifs is 1. The van der Waals surface area contributed by atoms with E-state index in [1.54, 1.807) is 31.4 Å². The van der Waals surface area contributed by atoms with E-state index in [0.29, 0.717) is 53.2 Å². The summed E-state index contributed by atoms with van der Waals surface area (Å²) in [5.74, 6) is 0.546. The summed E-state index contributed by atoms with van der Waals surface area (Å²) in [5.41, 5.74) is 2.75. The van der Waals surface area contributed by atoms with Crippen LogP contribution in [0.1, 0.15) is 23.2 Å². The third-order valence-electron chi connectivity index (χ3n) is 7.05. The number of carbonyl (C=O) groups is 2. The molecular weight excluding hydrogens is 482 g/mol. The van der Waals surface area contributed by atoms with Crippen molar-refractivity contribution < 1.29 is 14.3 Å². The van der Waals surface area contributed by atoms with Gasteiger partial charge in [-0.05, 0) is 49.2 Å². The fraction of sp³-hybridized carbons (Fsp3) is 0.440. The molecule has 36 heavy (non-hydrogen) atoms. The van der Waals surface area contributed by atoms with Gasteiger partial charge in [0.2, 0.25) is 5.91 Å². The molecule has 2 aliphatic rings. The highest BCUT2D eigenvalue weighted by atomic mass is 35.5. The lowest BCUT2D eigenvalue weighted by atomic mass is 10.0. The third kappa shape index (κ3) is 5.45. The van der Waals surface area contributed by atoms with Crippen molar-refractivity contribution in [3.05, 3.63) is 47.0 Å². The number of piperazine rings is 1. The highest BCUT2D eigenvalue weighted by molar-refractivity contribution is 6.31. The Bertz CT molecular complexity index is 1230. The number of aromatic nitrogens is 3. The van der Waals surface area contributed by atoms with E-state index in [0.717, 1.165) is 44.5 Å². The van der Waals surface area contributed by atoms with Crippen molar-refractivity contribution in [1.29, 1.82) is 0 Å². The average Bonchev–Trinajstić information content (AvgIpc) is 3.37. The van der Waals surface area contributed by atoms with Crippen LogP contribution in [-0.4, -0.2) is 101 Å². The number of ether oxygens (including phenoxy) is 1. The quantitative estimate of drug-likeness (QED) is 0.523. The molecular formula is C25H30ClN7O3. The summed E-state index contributed by atoms with van der Waals surface area (Å²) in [4.78, 5) is 32.2. The molecule has 5 rings (SSSR count). The van der Waals surface area contributed by atoms with Crippen molar-refractivity contribution in [3.63, 3.8) is 0 Å². The van der Waals surface area contributed by atoms with Crippen molar-refractivity contribution >= 4 is 40.1 Å². The van der Waals surface area contributed by atoms with Gasteiger partial charge in [-0.2, -0.15) is 0 Å². The topological polar surface area (TPSA) is 107 Å². The number of anilines is 1. The van der Waals surface area contributed by atoms with E-state index in [4.69, 9.17) is 16.3 Å². The van der Waals surface area contributed by atoms with E-state index >= 15 is 0 Å². The molecule has 2 amide bonds. The van der Waals surface area contributed by atoms with Gasteiger partial charge >= 0.3 is 0 Å². The van der Waals surface area contributed by atoms with Gasteiger partial charge in [0, 0.05) is 55.9 Å². The molecule has 0 aliphatic carbocycles. The van der Waals surface area contributed by atoms with E-state index in [1.807, 2.05) is 17.0 Å². The van der Waals surface area contributed by atoms with E-state index in [9.17, 15) is 9.59 Å². The molecule has 3 heterocycles. The summed E-state index contributed by atoms with van der Waals surface area (Å²) in [6, 6.07) is 11.1. The average molecular weight is 512 g/mol. The molecule has 2 saturated heterocycles. The van der Waals surface area contributed by atoms with E-state index in [-0.39, 0.29) is 11.8 Å². The molecule has 11 heteroatoms. The van der Waals surface area contributed by atoms with Crippen molar-refractivity contribution in [3.8, 4) is 5.75 Å². The number of nitrogens with zero attached hydrogens (tertiary/aromatic N) is 5. The van der Waals surface area contributed by atoms with Gasteiger partial charge < -0.3 is 15.0 Å². The molecule has 0 spiro atoms. The van der Waals surface area contributed by atoms with Gasteiger partial charge in [-0.3, -0.25) is 24.5 Å². The Kier molecular flexibility index (Phi) is 7.35. The van der Waals surface area contributed by atoms with Crippen LogP contribution < -0.4 is 10.1 Å².